The molecule has 1 aliphatic rings. The van der Waals surface area contributed by atoms with Gasteiger partial charge in [-0.1, -0.05) is 6.92 Å². The van der Waals surface area contributed by atoms with Crippen molar-refractivity contribution in [1.29, 1.82) is 0 Å². The zero-order valence-electron chi connectivity index (χ0n) is 13.6. The van der Waals surface area contributed by atoms with Gasteiger partial charge in [0.1, 0.15) is 0 Å². The zero-order chi connectivity index (χ0) is 15.9. The average Bonchev–Trinajstić information content (AvgIpc) is 2.42. The summed E-state index contributed by atoms with van der Waals surface area (Å²) in [4.78, 5) is 9.78. The fourth-order valence-electron chi connectivity index (χ4n) is 2.75. The molecule has 0 aliphatic heterocycles. The summed E-state index contributed by atoms with van der Waals surface area (Å²) in [5.74, 6) is 0.742. The maximum Gasteiger partial charge on any atom is 0.472 e. The summed E-state index contributed by atoms with van der Waals surface area (Å²) >= 11 is 0. The second-order valence-electron chi connectivity index (χ2n) is 5.99. The fourth-order valence-corrected chi connectivity index (χ4v) is 3.77. The minimum atomic E-state index is -3.97. The van der Waals surface area contributed by atoms with E-state index in [-0.39, 0.29) is 24.7 Å². The van der Waals surface area contributed by atoms with Crippen LogP contribution in [0.5, 0.6) is 0 Å². The Morgan fingerprint density at radius 1 is 1.43 bits per heavy atom. The van der Waals surface area contributed by atoms with E-state index in [9.17, 15) is 9.46 Å². The maximum atomic E-state index is 11.9. The van der Waals surface area contributed by atoms with Gasteiger partial charge in [-0.25, -0.2) is 4.57 Å². The van der Waals surface area contributed by atoms with Gasteiger partial charge in [-0.15, -0.1) is 0 Å². The molecule has 5 atom stereocenters. The number of hydrogen-bond donors (Lipinski definition) is 2. The Kier molecular flexibility index (Phi) is 8.39. The first-order valence-corrected chi connectivity index (χ1v) is 9.20. The van der Waals surface area contributed by atoms with E-state index >= 15 is 0 Å². The first-order chi connectivity index (χ1) is 9.88. The summed E-state index contributed by atoms with van der Waals surface area (Å²) in [6.45, 7) is 4.79. The van der Waals surface area contributed by atoms with Gasteiger partial charge >= 0.3 is 7.82 Å². The Morgan fingerprint density at radius 2 is 2.14 bits per heavy atom. The fraction of sp³-hybridized carbons (Fsp3) is 1.00. The molecule has 0 bridgehead atoms. The number of likely N-dealkylation sites (N-methyl/N-ethyl adjacent to an activating group) is 1. The molecular weight excluding hydrogens is 293 g/mol. The van der Waals surface area contributed by atoms with Crippen LogP contribution in [0.1, 0.15) is 39.5 Å². The number of ether oxygens (including phenoxy) is 1. The molecule has 1 saturated carbocycles. The van der Waals surface area contributed by atoms with Gasteiger partial charge in [-0.3, -0.25) is 9.05 Å². The second-order valence-corrected chi connectivity index (χ2v) is 7.39. The summed E-state index contributed by atoms with van der Waals surface area (Å²) in [6, 6.07) is 0. The maximum absolute atomic E-state index is 11.9. The molecule has 1 rings (SSSR count). The van der Waals surface area contributed by atoms with E-state index in [4.69, 9.17) is 13.8 Å². The van der Waals surface area contributed by atoms with Crippen molar-refractivity contribution < 1.29 is 23.2 Å². The summed E-state index contributed by atoms with van der Waals surface area (Å²) < 4.78 is 27.6. The average molecular weight is 323 g/mol. The quantitative estimate of drug-likeness (QED) is 0.502. The van der Waals surface area contributed by atoms with E-state index in [2.05, 4.69) is 12.2 Å². The van der Waals surface area contributed by atoms with Crippen molar-refractivity contribution in [2.45, 2.75) is 51.7 Å². The van der Waals surface area contributed by atoms with Crippen molar-refractivity contribution in [2.24, 2.45) is 11.8 Å². The monoisotopic (exact) mass is 323 g/mol. The van der Waals surface area contributed by atoms with Gasteiger partial charge < -0.3 is 14.9 Å². The summed E-state index contributed by atoms with van der Waals surface area (Å²) in [7, 11) is -0.496. The van der Waals surface area contributed by atoms with E-state index in [0.717, 1.165) is 25.7 Å². The Hall–Kier alpha value is 0.0300. The lowest BCUT2D eigenvalue weighted by atomic mass is 9.78. The molecule has 1 fully saturated rings. The number of phosphoric ester groups is 1. The van der Waals surface area contributed by atoms with Crippen molar-refractivity contribution in [3.63, 3.8) is 0 Å². The first-order valence-electron chi connectivity index (χ1n) is 7.71. The lowest BCUT2D eigenvalue weighted by Gasteiger charge is -2.35. The third kappa shape index (κ3) is 7.22. The highest BCUT2D eigenvalue weighted by atomic mass is 31.2. The summed E-state index contributed by atoms with van der Waals surface area (Å²) in [6.07, 6.45) is 3.84. The minimum absolute atomic E-state index is 0.162. The molecule has 0 aromatic carbocycles. The van der Waals surface area contributed by atoms with Crippen LogP contribution < -0.4 is 5.32 Å². The third-order valence-corrected chi connectivity index (χ3v) is 5.22. The molecule has 0 saturated heterocycles. The van der Waals surface area contributed by atoms with Crippen molar-refractivity contribution in [3.05, 3.63) is 0 Å². The highest BCUT2D eigenvalue weighted by molar-refractivity contribution is 7.47. The summed E-state index contributed by atoms with van der Waals surface area (Å²) in [5.41, 5.74) is 0. The normalized spacial score (nSPS) is 30.8. The molecule has 0 aromatic heterocycles. The van der Waals surface area contributed by atoms with Gasteiger partial charge in [-0.05, 0) is 51.5 Å². The van der Waals surface area contributed by atoms with Crippen LogP contribution in [0.2, 0.25) is 0 Å². The van der Waals surface area contributed by atoms with E-state index in [1.807, 2.05) is 6.92 Å². The van der Waals surface area contributed by atoms with E-state index in [1.54, 1.807) is 14.2 Å². The minimum Gasteiger partial charge on any atom is -0.382 e. The molecule has 2 N–H and O–H groups in total. The van der Waals surface area contributed by atoms with E-state index < -0.39 is 7.82 Å². The van der Waals surface area contributed by atoms with Crippen LogP contribution in [0.4, 0.5) is 0 Å². The smallest absolute Gasteiger partial charge is 0.382 e. The standard InChI is InChI=1S/C14H30NO5P/c1-11-5-6-13(9-12(2)18-4)10-14(11)20-21(16,17)19-8-7-15-3/h11-15H,5-10H2,1-4H3,(H,16,17). The Balaban J connectivity index is 2.48. The number of hydrogen-bond acceptors (Lipinski definition) is 5. The number of methoxy groups -OCH3 is 1. The molecule has 0 spiro atoms. The van der Waals surface area contributed by atoms with E-state index in [0.29, 0.717) is 12.5 Å². The predicted molar refractivity (Wildman–Crippen MR) is 82.2 cm³/mol. The third-order valence-electron chi connectivity index (χ3n) is 4.17. The molecule has 7 heteroatoms. The highest BCUT2D eigenvalue weighted by Crippen LogP contribution is 2.48. The molecule has 6 nitrogen and oxygen atoms in total. The van der Waals surface area contributed by atoms with Gasteiger partial charge in [0.25, 0.3) is 0 Å². The van der Waals surface area contributed by atoms with Crippen LogP contribution in [-0.2, 0) is 18.3 Å². The van der Waals surface area contributed by atoms with Crippen molar-refractivity contribution >= 4 is 7.82 Å². The molecule has 0 heterocycles. The molecule has 1 aliphatic carbocycles. The van der Waals surface area contributed by atoms with Crippen LogP contribution in [0.3, 0.4) is 0 Å². The lowest BCUT2D eigenvalue weighted by Crippen LogP contribution is -2.31. The lowest BCUT2D eigenvalue weighted by molar-refractivity contribution is 0.0183. The first kappa shape index (κ1) is 19.1. The van der Waals surface area contributed by atoms with Gasteiger partial charge in [-0.2, -0.15) is 0 Å². The van der Waals surface area contributed by atoms with Crippen molar-refractivity contribution in [2.75, 3.05) is 27.3 Å². The molecule has 126 valence electrons. The highest BCUT2D eigenvalue weighted by Gasteiger charge is 2.35. The van der Waals surface area contributed by atoms with Crippen molar-refractivity contribution in [3.8, 4) is 0 Å². The van der Waals surface area contributed by atoms with Gasteiger partial charge in [0.15, 0.2) is 0 Å². The molecule has 5 unspecified atom stereocenters. The van der Waals surface area contributed by atoms with Crippen LogP contribution in [0.15, 0.2) is 0 Å². The molecular formula is C14H30NO5P. The van der Waals surface area contributed by atoms with Crippen LogP contribution in [0, 0.1) is 11.8 Å². The van der Waals surface area contributed by atoms with Gasteiger partial charge in [0.2, 0.25) is 0 Å². The van der Waals surface area contributed by atoms with Crippen LogP contribution in [-0.4, -0.2) is 44.4 Å². The Bertz CT molecular complexity index is 341. The number of nitrogens with one attached hydrogen (secondary N) is 1. The Morgan fingerprint density at radius 3 is 2.76 bits per heavy atom. The topological polar surface area (TPSA) is 77.0 Å². The van der Waals surface area contributed by atoms with Gasteiger partial charge in [0.05, 0.1) is 18.8 Å². The SMILES string of the molecule is CNCCOP(=O)(O)OC1CC(CC(C)OC)CCC1C. The largest absolute Gasteiger partial charge is 0.472 e. The van der Waals surface area contributed by atoms with Crippen LogP contribution >= 0.6 is 7.82 Å². The second kappa shape index (κ2) is 9.23. The summed E-state index contributed by atoms with van der Waals surface area (Å²) in [5, 5.41) is 2.86. The Labute approximate surface area is 128 Å². The zero-order valence-corrected chi connectivity index (χ0v) is 14.5. The predicted octanol–water partition coefficient (Wildman–Crippen LogP) is 2.57. The molecule has 21 heavy (non-hydrogen) atoms. The van der Waals surface area contributed by atoms with E-state index in [1.165, 1.54) is 0 Å². The number of phosphoric acid groups is 1. The molecule has 0 amide bonds. The van der Waals surface area contributed by atoms with Crippen molar-refractivity contribution in [1.82, 2.24) is 5.32 Å². The number of rotatable bonds is 9. The van der Waals surface area contributed by atoms with Gasteiger partial charge in [0, 0.05) is 13.7 Å². The van der Waals surface area contributed by atoms with Crippen LogP contribution in [0.25, 0.3) is 0 Å². The molecule has 0 radical (unpaired) electrons. The molecule has 0 aromatic rings.